The number of hydrogen-bond donors (Lipinski definition) is 1. The van der Waals surface area contributed by atoms with Crippen molar-refractivity contribution in [1.82, 2.24) is 0 Å². The van der Waals surface area contributed by atoms with Crippen LogP contribution in [0.2, 0.25) is 0 Å². The van der Waals surface area contributed by atoms with Gasteiger partial charge in [-0.3, -0.25) is 0 Å². The molecule has 128 valence electrons. The fourth-order valence-electron chi connectivity index (χ4n) is 5.15. The van der Waals surface area contributed by atoms with Gasteiger partial charge in [-0.15, -0.1) is 0 Å². The van der Waals surface area contributed by atoms with Crippen molar-refractivity contribution in [3.05, 3.63) is 35.9 Å². The van der Waals surface area contributed by atoms with E-state index in [9.17, 15) is 0 Å². The highest BCUT2D eigenvalue weighted by Gasteiger charge is 2.48. The molecule has 1 aromatic rings. The van der Waals surface area contributed by atoms with Gasteiger partial charge >= 0.3 is 0 Å². The average molecular weight is 316 g/mol. The average Bonchev–Trinajstić information content (AvgIpc) is 2.50. The van der Waals surface area contributed by atoms with Crippen LogP contribution in [0.5, 0.6) is 0 Å². The number of piperidine rings is 1. The molecule has 1 saturated heterocycles. The molecule has 1 aliphatic heterocycles. The van der Waals surface area contributed by atoms with Crippen LogP contribution < -0.4 is 5.73 Å². The lowest BCUT2D eigenvalue weighted by Crippen LogP contribution is -2.67. The van der Waals surface area contributed by atoms with E-state index in [0.29, 0.717) is 6.04 Å². The maximum Gasteiger partial charge on any atom is 0.105 e. The number of unbranched alkanes of at least 4 members (excludes halogenated alkanes) is 1. The zero-order chi connectivity index (χ0) is 16.3. The van der Waals surface area contributed by atoms with E-state index in [4.69, 9.17) is 5.73 Å². The van der Waals surface area contributed by atoms with E-state index in [1.54, 1.807) is 0 Å². The lowest BCUT2D eigenvalue weighted by atomic mass is 9.76. The van der Waals surface area contributed by atoms with Gasteiger partial charge < -0.3 is 10.2 Å². The van der Waals surface area contributed by atoms with E-state index in [-0.39, 0.29) is 0 Å². The molecular formula is C21H35N2+. The van der Waals surface area contributed by atoms with Crippen molar-refractivity contribution < 1.29 is 4.48 Å². The Hall–Kier alpha value is -0.860. The van der Waals surface area contributed by atoms with Gasteiger partial charge in [0, 0.05) is 24.3 Å². The van der Waals surface area contributed by atoms with Crippen molar-refractivity contribution in [3.63, 3.8) is 0 Å². The van der Waals surface area contributed by atoms with Crippen molar-refractivity contribution in [2.24, 2.45) is 17.6 Å². The summed E-state index contributed by atoms with van der Waals surface area (Å²) in [6.07, 6.45) is 8.10. The summed E-state index contributed by atoms with van der Waals surface area (Å²) in [4.78, 5) is 0. The minimum atomic E-state index is 0.394. The van der Waals surface area contributed by atoms with Crippen molar-refractivity contribution in [2.75, 3.05) is 13.1 Å². The van der Waals surface area contributed by atoms with Gasteiger partial charge in [-0.1, -0.05) is 57.0 Å². The molecule has 2 aliphatic rings. The molecule has 2 fully saturated rings. The van der Waals surface area contributed by atoms with Gasteiger partial charge in [-0.25, -0.2) is 0 Å². The molecule has 2 heteroatoms. The van der Waals surface area contributed by atoms with E-state index in [2.05, 4.69) is 44.2 Å². The number of benzene rings is 1. The number of likely N-dealkylation sites (tertiary alicyclic amines) is 1. The summed E-state index contributed by atoms with van der Waals surface area (Å²) in [7, 11) is 0. The second kappa shape index (κ2) is 7.36. The number of quaternary nitrogens is 1. The standard InChI is InChI=1S/C21H35N2/c1-3-4-8-19-13-20(22)16-23(15-19,21-11-17(2)12-21)14-18-9-6-5-7-10-18/h5-7,9-10,17,19-21H,3-4,8,11-16,22H2,1-2H3/q+1. The van der Waals surface area contributed by atoms with Crippen LogP contribution in [0.4, 0.5) is 0 Å². The third-order valence-corrected chi connectivity index (χ3v) is 6.29. The Morgan fingerprint density at radius 2 is 1.83 bits per heavy atom. The fourth-order valence-corrected chi connectivity index (χ4v) is 5.15. The summed E-state index contributed by atoms with van der Waals surface area (Å²) in [5.41, 5.74) is 8.06. The van der Waals surface area contributed by atoms with E-state index in [1.807, 2.05) is 0 Å². The maximum atomic E-state index is 6.56. The minimum Gasteiger partial charge on any atom is -0.323 e. The van der Waals surface area contributed by atoms with Gasteiger partial charge in [0.2, 0.25) is 0 Å². The van der Waals surface area contributed by atoms with Gasteiger partial charge in [0.1, 0.15) is 6.54 Å². The maximum absolute atomic E-state index is 6.56. The quantitative estimate of drug-likeness (QED) is 0.777. The molecule has 0 aromatic heterocycles. The first-order valence-corrected chi connectivity index (χ1v) is 9.76. The monoisotopic (exact) mass is 315 g/mol. The first kappa shape index (κ1) is 17.0. The molecule has 23 heavy (non-hydrogen) atoms. The Balaban J connectivity index is 1.79. The molecule has 2 N–H and O–H groups in total. The lowest BCUT2D eigenvalue weighted by Gasteiger charge is -2.55. The zero-order valence-electron chi connectivity index (χ0n) is 15.1. The third-order valence-electron chi connectivity index (χ3n) is 6.29. The highest BCUT2D eigenvalue weighted by atomic mass is 15.4. The van der Waals surface area contributed by atoms with Crippen molar-refractivity contribution in [1.29, 1.82) is 0 Å². The Morgan fingerprint density at radius 1 is 1.09 bits per heavy atom. The van der Waals surface area contributed by atoms with Gasteiger partial charge in [-0.05, 0) is 18.8 Å². The molecule has 0 radical (unpaired) electrons. The van der Waals surface area contributed by atoms with Crippen molar-refractivity contribution in [3.8, 4) is 0 Å². The number of nitrogens with two attached hydrogens (primary N) is 1. The van der Waals surface area contributed by atoms with Gasteiger partial charge in [0.05, 0.1) is 25.2 Å². The Morgan fingerprint density at radius 3 is 2.48 bits per heavy atom. The predicted molar refractivity (Wildman–Crippen MR) is 97.9 cm³/mol. The molecule has 3 unspecified atom stereocenters. The van der Waals surface area contributed by atoms with Crippen molar-refractivity contribution in [2.45, 2.75) is 71.0 Å². The van der Waals surface area contributed by atoms with Gasteiger partial charge in [0.25, 0.3) is 0 Å². The lowest BCUT2D eigenvalue weighted by molar-refractivity contribution is -0.977. The highest BCUT2D eigenvalue weighted by Crippen LogP contribution is 2.41. The predicted octanol–water partition coefficient (Wildman–Crippen LogP) is 4.34. The Bertz CT molecular complexity index is 480. The Kier molecular flexibility index (Phi) is 5.43. The number of hydrogen-bond acceptors (Lipinski definition) is 1. The summed E-state index contributed by atoms with van der Waals surface area (Å²) >= 11 is 0. The van der Waals surface area contributed by atoms with Crippen LogP contribution in [0, 0.1) is 11.8 Å². The van der Waals surface area contributed by atoms with Crippen molar-refractivity contribution >= 4 is 0 Å². The normalized spacial score (nSPS) is 37.3. The molecule has 0 bridgehead atoms. The molecule has 3 atom stereocenters. The summed E-state index contributed by atoms with van der Waals surface area (Å²) in [6.45, 7) is 8.46. The SMILES string of the molecule is CCCCC1CC(N)C[N+](Cc2ccccc2)(C2CC(C)C2)C1. The molecule has 1 aromatic carbocycles. The van der Waals surface area contributed by atoms with E-state index >= 15 is 0 Å². The summed E-state index contributed by atoms with van der Waals surface area (Å²) in [6, 6.07) is 12.4. The van der Waals surface area contributed by atoms with Gasteiger partial charge in [-0.2, -0.15) is 0 Å². The van der Waals surface area contributed by atoms with Crippen LogP contribution in [-0.4, -0.2) is 29.7 Å². The van der Waals surface area contributed by atoms with E-state index in [1.165, 1.54) is 68.2 Å². The second-order valence-electron chi connectivity index (χ2n) is 8.46. The second-order valence-corrected chi connectivity index (χ2v) is 8.46. The topological polar surface area (TPSA) is 26.0 Å². The highest BCUT2D eigenvalue weighted by molar-refractivity contribution is 5.13. The smallest absolute Gasteiger partial charge is 0.105 e. The molecule has 1 aliphatic carbocycles. The van der Waals surface area contributed by atoms with Crippen LogP contribution in [0.1, 0.15) is 57.9 Å². The molecule has 0 amide bonds. The molecular weight excluding hydrogens is 280 g/mol. The van der Waals surface area contributed by atoms with Crippen LogP contribution in [-0.2, 0) is 6.54 Å². The molecule has 0 spiro atoms. The van der Waals surface area contributed by atoms with Gasteiger partial charge in [0.15, 0.2) is 0 Å². The van der Waals surface area contributed by atoms with Crippen LogP contribution in [0.3, 0.4) is 0 Å². The molecule has 3 rings (SSSR count). The Labute approximate surface area is 142 Å². The first-order chi connectivity index (χ1) is 11.1. The minimum absolute atomic E-state index is 0.394. The summed E-state index contributed by atoms with van der Waals surface area (Å²) in [5, 5.41) is 0. The summed E-state index contributed by atoms with van der Waals surface area (Å²) < 4.78 is 1.27. The molecule has 1 saturated carbocycles. The number of nitrogens with zero attached hydrogens (tertiary/aromatic N) is 1. The fraction of sp³-hybridized carbons (Fsp3) is 0.714. The first-order valence-electron chi connectivity index (χ1n) is 9.76. The molecule has 2 nitrogen and oxygen atoms in total. The van der Waals surface area contributed by atoms with Crippen LogP contribution >= 0.6 is 0 Å². The third kappa shape index (κ3) is 3.97. The van der Waals surface area contributed by atoms with Crippen LogP contribution in [0.15, 0.2) is 30.3 Å². The largest absolute Gasteiger partial charge is 0.323 e. The van der Waals surface area contributed by atoms with E-state index in [0.717, 1.165) is 17.9 Å². The summed E-state index contributed by atoms with van der Waals surface area (Å²) in [5.74, 6) is 1.75. The van der Waals surface area contributed by atoms with E-state index < -0.39 is 0 Å². The number of rotatable bonds is 6. The van der Waals surface area contributed by atoms with Crippen LogP contribution in [0.25, 0.3) is 0 Å². The zero-order valence-corrected chi connectivity index (χ0v) is 15.1. The molecule has 1 heterocycles.